The van der Waals surface area contributed by atoms with Crippen molar-refractivity contribution in [2.75, 3.05) is 6.61 Å². The molecule has 5 rings (SSSR count). The summed E-state index contributed by atoms with van der Waals surface area (Å²) in [5, 5.41) is 7.20. The minimum absolute atomic E-state index is 0.0637. The van der Waals surface area contributed by atoms with E-state index in [1.165, 1.54) is 0 Å². The Bertz CT molecular complexity index is 724. The first kappa shape index (κ1) is 25.1. The SMILES string of the molecule is CC(C)C1CCC(C(=O)OC23CC4CC(CC(COC(=O)C(F)(F)SOOO)(C4)C2)C3)CC1. The van der Waals surface area contributed by atoms with Gasteiger partial charge >= 0.3 is 17.2 Å². The number of rotatable bonds is 9. The van der Waals surface area contributed by atoms with E-state index in [1.54, 1.807) is 0 Å². The van der Waals surface area contributed by atoms with Crippen LogP contribution >= 0.6 is 12.0 Å². The van der Waals surface area contributed by atoms with E-state index in [9.17, 15) is 18.4 Å². The number of carbonyl (C=O) groups excluding carboxylic acids is 2. The summed E-state index contributed by atoms with van der Waals surface area (Å²) >= 11 is -0.620. The number of carbonyl (C=O) groups is 2. The Hall–Kier alpha value is -0.970. The predicted octanol–water partition coefficient (Wildman–Crippen LogP) is 5.54. The van der Waals surface area contributed by atoms with Crippen LogP contribution in [-0.2, 0) is 28.4 Å². The molecule has 7 nitrogen and oxygen atoms in total. The van der Waals surface area contributed by atoms with Gasteiger partial charge in [-0.3, -0.25) is 4.79 Å². The van der Waals surface area contributed by atoms with Crippen molar-refractivity contribution >= 4 is 24.0 Å². The first-order valence-electron chi connectivity index (χ1n) is 12.0. The molecule has 33 heavy (non-hydrogen) atoms. The van der Waals surface area contributed by atoms with Crippen LogP contribution in [0.5, 0.6) is 0 Å². The molecule has 0 aromatic rings. The van der Waals surface area contributed by atoms with Gasteiger partial charge in [-0.25, -0.2) is 10.1 Å². The summed E-state index contributed by atoms with van der Waals surface area (Å²) in [7, 11) is 0. The average Bonchev–Trinajstić information content (AvgIpc) is 2.75. The fraction of sp³-hybridized carbons (Fsp3) is 0.913. The third kappa shape index (κ3) is 5.49. The minimum Gasteiger partial charge on any atom is -0.460 e. The maximum atomic E-state index is 13.8. The van der Waals surface area contributed by atoms with E-state index in [-0.39, 0.29) is 18.5 Å². The van der Waals surface area contributed by atoms with E-state index < -0.39 is 34.3 Å². The van der Waals surface area contributed by atoms with Gasteiger partial charge in [0.05, 0.1) is 12.5 Å². The van der Waals surface area contributed by atoms with Gasteiger partial charge in [0.15, 0.2) is 0 Å². The Morgan fingerprint density at radius 3 is 2.30 bits per heavy atom. The predicted molar refractivity (Wildman–Crippen MR) is 115 cm³/mol. The zero-order valence-corrected chi connectivity index (χ0v) is 20.0. The number of alkyl halides is 2. The van der Waals surface area contributed by atoms with Gasteiger partial charge in [0.2, 0.25) is 0 Å². The molecular formula is C23H34F2O7S. The highest BCUT2D eigenvalue weighted by atomic mass is 32.2. The van der Waals surface area contributed by atoms with Crippen LogP contribution in [0.2, 0.25) is 0 Å². The molecule has 2 unspecified atom stereocenters. The second-order valence-electron chi connectivity index (χ2n) is 11.2. The smallest absolute Gasteiger partial charge is 0.415 e. The Labute approximate surface area is 197 Å². The number of hydrogen-bond acceptors (Lipinski definition) is 8. The van der Waals surface area contributed by atoms with Crippen LogP contribution in [0.3, 0.4) is 0 Å². The normalized spacial score (nSPS) is 37.9. The molecular weight excluding hydrogens is 458 g/mol. The molecule has 0 aliphatic heterocycles. The van der Waals surface area contributed by atoms with Crippen LogP contribution in [0, 0.1) is 35.0 Å². The Balaban J connectivity index is 1.37. The monoisotopic (exact) mass is 492 g/mol. The van der Waals surface area contributed by atoms with Gasteiger partial charge in [0, 0.05) is 5.41 Å². The van der Waals surface area contributed by atoms with E-state index in [4.69, 9.17) is 14.7 Å². The maximum absolute atomic E-state index is 13.8. The van der Waals surface area contributed by atoms with Crippen LogP contribution in [-0.4, -0.2) is 34.7 Å². The topological polar surface area (TPSA) is 91.3 Å². The molecule has 0 spiro atoms. The van der Waals surface area contributed by atoms with Gasteiger partial charge in [-0.05, 0) is 87.9 Å². The van der Waals surface area contributed by atoms with Crippen molar-refractivity contribution in [3.63, 3.8) is 0 Å². The van der Waals surface area contributed by atoms with Crippen molar-refractivity contribution in [2.24, 2.45) is 35.0 Å². The van der Waals surface area contributed by atoms with Gasteiger partial charge in [-0.1, -0.05) is 18.9 Å². The molecule has 1 N–H and O–H groups in total. The van der Waals surface area contributed by atoms with Crippen molar-refractivity contribution in [1.29, 1.82) is 0 Å². The van der Waals surface area contributed by atoms with E-state index in [0.717, 1.165) is 57.8 Å². The van der Waals surface area contributed by atoms with Crippen molar-refractivity contribution in [3.05, 3.63) is 0 Å². The van der Waals surface area contributed by atoms with Crippen LogP contribution in [0.15, 0.2) is 0 Å². The highest BCUT2D eigenvalue weighted by molar-refractivity contribution is 7.96. The third-order valence-corrected chi connectivity index (χ3v) is 8.91. The summed E-state index contributed by atoms with van der Waals surface area (Å²) in [5.41, 5.74) is -1.03. The maximum Gasteiger partial charge on any atom is 0.415 e. The lowest BCUT2D eigenvalue weighted by atomic mass is 9.48. The molecule has 0 radical (unpaired) electrons. The highest BCUT2D eigenvalue weighted by Gasteiger charge is 2.60. The van der Waals surface area contributed by atoms with Crippen molar-refractivity contribution < 1.29 is 42.5 Å². The molecule has 0 aromatic carbocycles. The molecule has 2 atom stereocenters. The van der Waals surface area contributed by atoms with Crippen LogP contribution in [0.4, 0.5) is 8.78 Å². The summed E-state index contributed by atoms with van der Waals surface area (Å²) in [5.74, 6) is 0.0548. The van der Waals surface area contributed by atoms with Crippen molar-refractivity contribution in [3.8, 4) is 0 Å². The van der Waals surface area contributed by atoms with Gasteiger partial charge in [0.25, 0.3) is 0 Å². The van der Waals surface area contributed by atoms with Crippen LogP contribution in [0.1, 0.15) is 78.1 Å². The van der Waals surface area contributed by atoms with E-state index in [2.05, 4.69) is 23.2 Å². The zero-order valence-electron chi connectivity index (χ0n) is 19.2. The summed E-state index contributed by atoms with van der Waals surface area (Å²) in [4.78, 5) is 25.0. The van der Waals surface area contributed by atoms with E-state index >= 15 is 0 Å². The lowest BCUT2D eigenvalue weighted by Crippen LogP contribution is -2.59. The van der Waals surface area contributed by atoms with E-state index in [0.29, 0.717) is 30.1 Å². The number of ether oxygens (including phenoxy) is 2. The molecule has 0 amide bonds. The molecule has 188 valence electrons. The fourth-order valence-electron chi connectivity index (χ4n) is 7.37. The summed E-state index contributed by atoms with van der Waals surface area (Å²) < 4.78 is 42.6. The third-order valence-electron chi connectivity index (χ3n) is 8.41. The molecule has 5 fully saturated rings. The summed E-state index contributed by atoms with van der Waals surface area (Å²) in [6, 6.07) is 0. The summed E-state index contributed by atoms with van der Waals surface area (Å²) in [6.45, 7) is 4.31. The van der Waals surface area contributed by atoms with Gasteiger partial charge in [-0.2, -0.15) is 8.78 Å². The Morgan fingerprint density at radius 1 is 1.09 bits per heavy atom. The summed E-state index contributed by atoms with van der Waals surface area (Å²) in [6.07, 6.45) is 8.58. The average molecular weight is 493 g/mol. The number of halogens is 2. The highest BCUT2D eigenvalue weighted by Crippen LogP contribution is 2.63. The molecule has 4 bridgehead atoms. The first-order chi connectivity index (χ1) is 15.6. The van der Waals surface area contributed by atoms with Gasteiger partial charge < -0.3 is 9.47 Å². The van der Waals surface area contributed by atoms with Crippen molar-refractivity contribution in [1.82, 2.24) is 0 Å². The number of hydrogen-bond donors (Lipinski definition) is 1. The van der Waals surface area contributed by atoms with Gasteiger partial charge in [0.1, 0.15) is 17.6 Å². The standard InChI is InChI=1S/C23H34F2O7S/c1-14(2)17-3-5-18(6-4-17)19(26)30-22-10-15-7-16(11-22)9-21(8-15,12-22)13-29-20(27)23(24,25)33-32-31-28/h14-18,28H,3-13H2,1-2H3. The quantitative estimate of drug-likeness (QED) is 0.194. The lowest BCUT2D eigenvalue weighted by molar-refractivity contribution is -0.433. The second-order valence-corrected chi connectivity index (χ2v) is 12.1. The molecule has 0 aromatic heterocycles. The molecule has 5 aliphatic rings. The van der Waals surface area contributed by atoms with Crippen LogP contribution in [0.25, 0.3) is 0 Å². The number of esters is 2. The molecule has 5 aliphatic carbocycles. The molecule has 0 saturated heterocycles. The Kier molecular flexibility index (Phi) is 7.30. The molecule has 0 heterocycles. The Morgan fingerprint density at radius 2 is 1.73 bits per heavy atom. The fourth-order valence-corrected chi connectivity index (χ4v) is 7.61. The van der Waals surface area contributed by atoms with Gasteiger partial charge in [-0.15, -0.1) is 4.33 Å². The lowest BCUT2D eigenvalue weighted by Gasteiger charge is -2.61. The molecule has 5 saturated carbocycles. The zero-order chi connectivity index (χ0) is 23.9. The largest absolute Gasteiger partial charge is 0.460 e. The van der Waals surface area contributed by atoms with Crippen LogP contribution < -0.4 is 0 Å². The second kappa shape index (κ2) is 9.59. The van der Waals surface area contributed by atoms with Crippen molar-refractivity contribution in [2.45, 2.75) is 88.9 Å². The molecule has 10 heteroatoms. The first-order valence-corrected chi connectivity index (χ1v) is 12.7. The minimum atomic E-state index is -4.01. The van der Waals surface area contributed by atoms with E-state index in [1.807, 2.05) is 0 Å².